The molecule has 0 radical (unpaired) electrons. The number of rotatable bonds is 2. The average Bonchev–Trinajstić information content (AvgIpc) is 2.93. The highest BCUT2D eigenvalue weighted by Crippen LogP contribution is 2.39. The number of fused-ring (bicyclic) bond motifs is 1. The van der Waals surface area contributed by atoms with Gasteiger partial charge in [-0.1, -0.05) is 36.5 Å². The Kier molecular flexibility index (Phi) is 3.67. The van der Waals surface area contributed by atoms with Crippen molar-refractivity contribution in [1.82, 2.24) is 9.55 Å². The summed E-state index contributed by atoms with van der Waals surface area (Å²) in [6.07, 6.45) is 3.69. The van der Waals surface area contributed by atoms with E-state index in [-0.39, 0.29) is 0 Å². The number of halogens is 3. The van der Waals surface area contributed by atoms with Crippen LogP contribution in [0.5, 0.6) is 0 Å². The molecule has 5 heteroatoms. The summed E-state index contributed by atoms with van der Waals surface area (Å²) in [5, 5.41) is 1.11. The van der Waals surface area contributed by atoms with E-state index in [0.717, 1.165) is 16.9 Å². The van der Waals surface area contributed by atoms with Crippen LogP contribution < -0.4 is 0 Å². The fourth-order valence-electron chi connectivity index (χ4n) is 3.11. The summed E-state index contributed by atoms with van der Waals surface area (Å²) in [4.78, 5) is 4.60. The van der Waals surface area contributed by atoms with Gasteiger partial charge in [-0.05, 0) is 30.9 Å². The highest BCUT2D eigenvalue weighted by Gasteiger charge is 2.28. The first kappa shape index (κ1) is 13.5. The maximum Gasteiger partial charge on any atom is 0.125 e. The van der Waals surface area contributed by atoms with Crippen molar-refractivity contribution in [3.63, 3.8) is 0 Å². The first-order valence-electron chi connectivity index (χ1n) is 6.53. The molecular formula is C14H15Cl3N2. The number of alkyl halides is 1. The van der Waals surface area contributed by atoms with Crippen molar-refractivity contribution in [2.24, 2.45) is 5.92 Å². The van der Waals surface area contributed by atoms with E-state index in [0.29, 0.717) is 27.9 Å². The van der Waals surface area contributed by atoms with Gasteiger partial charge < -0.3 is 4.57 Å². The normalized spacial score (nSPS) is 23.4. The van der Waals surface area contributed by atoms with Crippen LogP contribution in [0.2, 0.25) is 10.0 Å². The molecule has 0 amide bonds. The number of hydrogen-bond acceptors (Lipinski definition) is 1. The molecule has 19 heavy (non-hydrogen) atoms. The van der Waals surface area contributed by atoms with Gasteiger partial charge in [0.05, 0.1) is 27.0 Å². The van der Waals surface area contributed by atoms with Gasteiger partial charge in [-0.2, -0.15) is 0 Å². The number of hydrogen-bond donors (Lipinski definition) is 0. The monoisotopic (exact) mass is 316 g/mol. The molecular weight excluding hydrogens is 303 g/mol. The third kappa shape index (κ3) is 2.24. The summed E-state index contributed by atoms with van der Waals surface area (Å²) in [5.74, 6) is 1.97. The molecule has 0 spiro atoms. The highest BCUT2D eigenvalue weighted by molar-refractivity contribution is 6.42. The summed E-state index contributed by atoms with van der Waals surface area (Å²) in [6, 6.07) is 4.20. The van der Waals surface area contributed by atoms with Gasteiger partial charge in [-0.25, -0.2) is 4.98 Å². The molecule has 1 aliphatic rings. The van der Waals surface area contributed by atoms with E-state index in [1.165, 1.54) is 19.3 Å². The Morgan fingerprint density at radius 2 is 2.00 bits per heavy atom. The first-order valence-corrected chi connectivity index (χ1v) is 7.82. The lowest BCUT2D eigenvalue weighted by Crippen LogP contribution is -2.14. The van der Waals surface area contributed by atoms with Gasteiger partial charge >= 0.3 is 0 Å². The predicted octanol–water partition coefficient (Wildman–Crippen LogP) is 5.44. The van der Waals surface area contributed by atoms with Crippen molar-refractivity contribution in [2.45, 2.75) is 38.1 Å². The Labute approximate surface area is 127 Å². The standard InChI is InChI=1S/C14H15Cl3N2/c1-8-3-2-4-12(8)19-13-6-10(17)9(16)5-11(13)18-14(19)7-15/h5-6,8,12H,2-4,7H2,1H3. The van der Waals surface area contributed by atoms with Gasteiger partial charge in [-0.15, -0.1) is 11.6 Å². The van der Waals surface area contributed by atoms with E-state index in [4.69, 9.17) is 34.8 Å². The summed E-state index contributed by atoms with van der Waals surface area (Å²) >= 11 is 18.3. The van der Waals surface area contributed by atoms with E-state index in [1.807, 2.05) is 12.1 Å². The van der Waals surface area contributed by atoms with Gasteiger partial charge in [0.15, 0.2) is 0 Å². The van der Waals surface area contributed by atoms with Crippen LogP contribution >= 0.6 is 34.8 Å². The minimum atomic E-state index is 0.410. The maximum atomic E-state index is 6.15. The van der Waals surface area contributed by atoms with Gasteiger partial charge in [0, 0.05) is 6.04 Å². The van der Waals surface area contributed by atoms with Crippen LogP contribution in [0.15, 0.2) is 12.1 Å². The third-order valence-electron chi connectivity index (χ3n) is 4.07. The molecule has 1 saturated carbocycles. The molecule has 3 rings (SSSR count). The molecule has 1 aromatic carbocycles. The second-order valence-electron chi connectivity index (χ2n) is 5.26. The number of imidazole rings is 1. The van der Waals surface area contributed by atoms with Crippen molar-refractivity contribution < 1.29 is 0 Å². The predicted molar refractivity (Wildman–Crippen MR) is 81.4 cm³/mol. The van der Waals surface area contributed by atoms with E-state index in [9.17, 15) is 0 Å². The Hall–Kier alpha value is -0.440. The topological polar surface area (TPSA) is 17.8 Å². The van der Waals surface area contributed by atoms with Crippen molar-refractivity contribution in [2.75, 3.05) is 0 Å². The smallest absolute Gasteiger partial charge is 0.125 e. The van der Waals surface area contributed by atoms with Crippen LogP contribution in [0.1, 0.15) is 38.1 Å². The molecule has 0 N–H and O–H groups in total. The summed E-state index contributed by atoms with van der Waals surface area (Å²) in [7, 11) is 0. The second-order valence-corrected chi connectivity index (χ2v) is 6.34. The number of nitrogens with zero attached hydrogens (tertiary/aromatic N) is 2. The third-order valence-corrected chi connectivity index (χ3v) is 5.03. The zero-order chi connectivity index (χ0) is 13.6. The Bertz CT molecular complexity index is 621. The van der Waals surface area contributed by atoms with Crippen LogP contribution in [-0.4, -0.2) is 9.55 Å². The lowest BCUT2D eigenvalue weighted by atomic mass is 10.1. The minimum absolute atomic E-state index is 0.410. The van der Waals surface area contributed by atoms with Gasteiger partial charge in [0.1, 0.15) is 5.82 Å². The van der Waals surface area contributed by atoms with Crippen molar-refractivity contribution in [3.8, 4) is 0 Å². The zero-order valence-electron chi connectivity index (χ0n) is 10.7. The summed E-state index contributed by atoms with van der Waals surface area (Å²) in [6.45, 7) is 2.29. The number of aromatic nitrogens is 2. The summed E-state index contributed by atoms with van der Waals surface area (Å²) < 4.78 is 2.27. The lowest BCUT2D eigenvalue weighted by Gasteiger charge is -2.20. The van der Waals surface area contributed by atoms with Crippen LogP contribution in [-0.2, 0) is 5.88 Å². The lowest BCUT2D eigenvalue weighted by molar-refractivity contribution is 0.409. The van der Waals surface area contributed by atoms with Crippen LogP contribution in [0.25, 0.3) is 11.0 Å². The largest absolute Gasteiger partial charge is 0.324 e. The molecule has 2 aromatic rings. The van der Waals surface area contributed by atoms with E-state index in [1.54, 1.807) is 0 Å². The summed E-state index contributed by atoms with van der Waals surface area (Å²) in [5.41, 5.74) is 1.92. The van der Waals surface area contributed by atoms with Crippen molar-refractivity contribution in [1.29, 1.82) is 0 Å². The van der Waals surface area contributed by atoms with Crippen molar-refractivity contribution in [3.05, 3.63) is 28.0 Å². The van der Waals surface area contributed by atoms with Crippen LogP contribution in [0, 0.1) is 5.92 Å². The number of benzene rings is 1. The molecule has 1 aromatic heterocycles. The van der Waals surface area contributed by atoms with E-state index >= 15 is 0 Å². The molecule has 2 atom stereocenters. The van der Waals surface area contributed by atoms with Crippen LogP contribution in [0.3, 0.4) is 0 Å². The van der Waals surface area contributed by atoms with E-state index < -0.39 is 0 Å². The van der Waals surface area contributed by atoms with Crippen molar-refractivity contribution >= 4 is 45.8 Å². The molecule has 2 nitrogen and oxygen atoms in total. The van der Waals surface area contributed by atoms with Gasteiger partial charge in [-0.3, -0.25) is 0 Å². The molecule has 0 aliphatic heterocycles. The quantitative estimate of drug-likeness (QED) is 0.674. The Balaban J connectivity index is 2.23. The fraction of sp³-hybridized carbons (Fsp3) is 0.500. The fourth-order valence-corrected chi connectivity index (χ4v) is 3.62. The molecule has 2 unspecified atom stereocenters. The zero-order valence-corrected chi connectivity index (χ0v) is 12.9. The Morgan fingerprint density at radius 3 is 2.63 bits per heavy atom. The molecule has 102 valence electrons. The first-order chi connectivity index (χ1) is 9.11. The molecule has 1 heterocycles. The van der Waals surface area contributed by atoms with Crippen LogP contribution in [0.4, 0.5) is 0 Å². The second kappa shape index (κ2) is 5.16. The average molecular weight is 318 g/mol. The SMILES string of the molecule is CC1CCCC1n1c(CCl)nc2cc(Cl)c(Cl)cc21. The maximum absolute atomic E-state index is 6.15. The molecule has 1 fully saturated rings. The molecule has 1 aliphatic carbocycles. The minimum Gasteiger partial charge on any atom is -0.324 e. The van der Waals surface area contributed by atoms with Gasteiger partial charge in [0.25, 0.3) is 0 Å². The van der Waals surface area contributed by atoms with E-state index in [2.05, 4.69) is 16.5 Å². The molecule has 0 bridgehead atoms. The molecule has 0 saturated heterocycles. The highest BCUT2D eigenvalue weighted by atomic mass is 35.5. The Morgan fingerprint density at radius 1 is 1.26 bits per heavy atom. The van der Waals surface area contributed by atoms with Gasteiger partial charge in [0.2, 0.25) is 0 Å².